The summed E-state index contributed by atoms with van der Waals surface area (Å²) in [5.74, 6) is 1.56. The van der Waals surface area contributed by atoms with Crippen molar-refractivity contribution in [1.29, 1.82) is 0 Å². The Balaban J connectivity index is 1.52. The molecule has 2 aliphatic heterocycles. The van der Waals surface area contributed by atoms with Crippen LogP contribution in [0.2, 0.25) is 0 Å². The fourth-order valence-electron chi connectivity index (χ4n) is 5.71. The molecule has 1 fully saturated rings. The predicted molar refractivity (Wildman–Crippen MR) is 172 cm³/mol. The van der Waals surface area contributed by atoms with Gasteiger partial charge in [0.2, 0.25) is 11.8 Å². The molecule has 10 heteroatoms. The summed E-state index contributed by atoms with van der Waals surface area (Å²) in [6, 6.07) is 23.8. The van der Waals surface area contributed by atoms with E-state index in [1.54, 1.807) is 19.1 Å². The number of anilines is 1. The molecule has 1 saturated heterocycles. The first-order chi connectivity index (χ1) is 21.5. The molecule has 4 aromatic rings. The highest BCUT2D eigenvalue weighted by atomic mass is 32.2. The Kier molecular flexibility index (Phi) is 8.90. The molecule has 3 aromatic carbocycles. The number of fused-ring (bicyclic) bond motifs is 1. The number of rotatable bonds is 9. The molecule has 9 nitrogen and oxygen atoms in total. The van der Waals surface area contributed by atoms with Crippen LogP contribution in [-0.2, 0) is 14.3 Å². The van der Waals surface area contributed by atoms with Crippen molar-refractivity contribution < 1.29 is 23.8 Å². The first-order valence-electron chi connectivity index (χ1n) is 14.7. The summed E-state index contributed by atoms with van der Waals surface area (Å²) in [4.78, 5) is 28.9. The van der Waals surface area contributed by atoms with Crippen molar-refractivity contribution >= 4 is 29.4 Å². The maximum atomic E-state index is 14.0. The van der Waals surface area contributed by atoms with E-state index >= 15 is 0 Å². The third-order valence-electron chi connectivity index (χ3n) is 7.98. The molecule has 3 heterocycles. The molecule has 2 aliphatic rings. The van der Waals surface area contributed by atoms with Crippen LogP contribution in [-0.4, -0.2) is 67.4 Å². The molecule has 0 spiro atoms. The number of hydrogen-bond donors (Lipinski definition) is 1. The molecule has 0 bridgehead atoms. The normalized spacial score (nSPS) is 18.1. The van der Waals surface area contributed by atoms with Gasteiger partial charge in [0.15, 0.2) is 11.5 Å². The lowest BCUT2D eigenvalue weighted by Gasteiger charge is -2.24. The van der Waals surface area contributed by atoms with Crippen molar-refractivity contribution in [2.75, 3.05) is 44.6 Å². The fraction of sp³-hybridized carbons (Fsp3) is 0.324. The van der Waals surface area contributed by atoms with Gasteiger partial charge in [0.1, 0.15) is 12.4 Å². The number of aryl methyl sites for hydroxylation is 1. The Morgan fingerprint density at radius 2 is 1.82 bits per heavy atom. The second kappa shape index (κ2) is 13.2. The summed E-state index contributed by atoms with van der Waals surface area (Å²) < 4.78 is 18.7. The number of methoxy groups -OCH3 is 2. The standard InChI is InChI=1S/C34H36N4O5S/c1-22-11-14-25(15-12-22)38-34-31(32(36-38)23-8-5-4-6-9-23)33(24-13-16-27(41-2)28(18-24)42-3)44-21-30(40)37(34)20-29(39)35-19-26-10-7-17-43-26/h4-6,8-9,11-16,18,26,33H,7,10,17,19-21H2,1-3H3,(H,35,39)/t26-,33+/m1/s1. The quantitative estimate of drug-likeness (QED) is 0.273. The molecule has 1 aromatic heterocycles. The maximum absolute atomic E-state index is 14.0. The Labute approximate surface area is 261 Å². The smallest absolute Gasteiger partial charge is 0.240 e. The zero-order valence-electron chi connectivity index (χ0n) is 25.1. The van der Waals surface area contributed by atoms with Gasteiger partial charge in [0.05, 0.1) is 42.7 Å². The number of carbonyl (C=O) groups excluding carboxylic acids is 2. The largest absolute Gasteiger partial charge is 0.493 e. The van der Waals surface area contributed by atoms with E-state index in [1.165, 1.54) is 11.8 Å². The second-order valence-corrected chi connectivity index (χ2v) is 12.0. The minimum absolute atomic E-state index is 0.00195. The topological polar surface area (TPSA) is 94.9 Å². The summed E-state index contributed by atoms with van der Waals surface area (Å²) >= 11 is 1.51. The van der Waals surface area contributed by atoms with Gasteiger partial charge in [0, 0.05) is 24.3 Å². The number of nitrogens with one attached hydrogen (secondary N) is 1. The lowest BCUT2D eigenvalue weighted by Crippen LogP contribution is -2.44. The first-order valence-corrected chi connectivity index (χ1v) is 15.8. The zero-order valence-corrected chi connectivity index (χ0v) is 25.9. The molecular weight excluding hydrogens is 576 g/mol. The molecule has 0 aliphatic carbocycles. The van der Waals surface area contributed by atoms with Crippen molar-refractivity contribution in [3.05, 3.63) is 89.5 Å². The maximum Gasteiger partial charge on any atom is 0.240 e. The van der Waals surface area contributed by atoms with E-state index < -0.39 is 0 Å². The van der Waals surface area contributed by atoms with Crippen molar-refractivity contribution in [2.24, 2.45) is 0 Å². The van der Waals surface area contributed by atoms with Crippen LogP contribution in [0.25, 0.3) is 16.9 Å². The van der Waals surface area contributed by atoms with E-state index in [-0.39, 0.29) is 35.5 Å². The molecule has 228 valence electrons. The van der Waals surface area contributed by atoms with Crippen LogP contribution >= 0.6 is 11.8 Å². The third kappa shape index (κ3) is 6.05. The zero-order chi connectivity index (χ0) is 30.6. The summed E-state index contributed by atoms with van der Waals surface area (Å²) in [6.07, 6.45) is 1.90. The molecule has 0 saturated carbocycles. The lowest BCUT2D eigenvalue weighted by molar-refractivity contribution is -0.123. The van der Waals surface area contributed by atoms with E-state index in [1.807, 2.05) is 84.4 Å². The van der Waals surface area contributed by atoms with E-state index in [0.717, 1.165) is 46.5 Å². The van der Waals surface area contributed by atoms with Crippen LogP contribution < -0.4 is 19.7 Å². The van der Waals surface area contributed by atoms with E-state index in [0.29, 0.717) is 30.5 Å². The number of aromatic nitrogens is 2. The number of ether oxygens (including phenoxy) is 3. The first kappa shape index (κ1) is 29.8. The highest BCUT2D eigenvalue weighted by Crippen LogP contribution is 2.49. The number of amides is 2. The van der Waals surface area contributed by atoms with Gasteiger partial charge in [-0.05, 0) is 49.6 Å². The predicted octanol–water partition coefficient (Wildman–Crippen LogP) is 5.33. The van der Waals surface area contributed by atoms with E-state index in [9.17, 15) is 9.59 Å². The van der Waals surface area contributed by atoms with Gasteiger partial charge in [-0.2, -0.15) is 5.10 Å². The van der Waals surface area contributed by atoms with Crippen molar-refractivity contribution in [3.8, 4) is 28.4 Å². The van der Waals surface area contributed by atoms with Crippen LogP contribution in [0.15, 0.2) is 72.8 Å². The average molecular weight is 613 g/mol. The summed E-state index contributed by atoms with van der Waals surface area (Å²) in [7, 11) is 3.22. The number of nitrogens with zero attached hydrogens (tertiary/aromatic N) is 3. The van der Waals surface area contributed by atoms with Gasteiger partial charge in [0.25, 0.3) is 0 Å². The average Bonchev–Trinajstić information content (AvgIpc) is 3.69. The third-order valence-corrected chi connectivity index (χ3v) is 9.23. The van der Waals surface area contributed by atoms with Gasteiger partial charge < -0.3 is 19.5 Å². The summed E-state index contributed by atoms with van der Waals surface area (Å²) in [6.45, 7) is 3.02. The molecule has 44 heavy (non-hydrogen) atoms. The molecule has 2 atom stereocenters. The Bertz CT molecular complexity index is 1630. The number of hydrogen-bond acceptors (Lipinski definition) is 7. The summed E-state index contributed by atoms with van der Waals surface area (Å²) in [5, 5.41) is 7.86. The summed E-state index contributed by atoms with van der Waals surface area (Å²) in [5.41, 5.74) is 5.35. The van der Waals surface area contributed by atoms with Crippen molar-refractivity contribution in [1.82, 2.24) is 15.1 Å². The molecule has 0 unspecified atom stereocenters. The molecule has 0 radical (unpaired) electrons. The Morgan fingerprint density at radius 1 is 1.05 bits per heavy atom. The monoisotopic (exact) mass is 612 g/mol. The van der Waals surface area contributed by atoms with Crippen LogP contribution in [0.4, 0.5) is 5.82 Å². The SMILES string of the molecule is COc1ccc([C@@H]2SCC(=O)N(CC(=O)NC[C@H]3CCCO3)c3c2c(-c2ccccc2)nn3-c2ccc(C)cc2)cc1OC. The fourth-order valence-corrected chi connectivity index (χ4v) is 6.89. The number of benzene rings is 3. The highest BCUT2D eigenvalue weighted by Gasteiger charge is 2.38. The van der Waals surface area contributed by atoms with Gasteiger partial charge in [-0.25, -0.2) is 4.68 Å². The van der Waals surface area contributed by atoms with Crippen molar-refractivity contribution in [3.63, 3.8) is 0 Å². The molecule has 6 rings (SSSR count). The second-order valence-electron chi connectivity index (χ2n) is 10.9. The van der Waals surface area contributed by atoms with Crippen LogP contribution in [0.3, 0.4) is 0 Å². The number of thioether (sulfide) groups is 1. The van der Waals surface area contributed by atoms with Crippen molar-refractivity contribution in [2.45, 2.75) is 31.1 Å². The minimum Gasteiger partial charge on any atom is -0.493 e. The molecular formula is C34H36N4O5S. The number of carbonyl (C=O) groups is 2. The lowest BCUT2D eigenvalue weighted by atomic mass is 9.99. The van der Waals surface area contributed by atoms with Gasteiger partial charge in [-0.3, -0.25) is 14.5 Å². The molecule has 2 amide bonds. The highest BCUT2D eigenvalue weighted by molar-refractivity contribution is 8.00. The Morgan fingerprint density at radius 3 is 2.52 bits per heavy atom. The molecule has 1 N–H and O–H groups in total. The van der Waals surface area contributed by atoms with Crippen LogP contribution in [0, 0.1) is 6.92 Å². The van der Waals surface area contributed by atoms with Gasteiger partial charge >= 0.3 is 0 Å². The van der Waals surface area contributed by atoms with Crippen LogP contribution in [0.5, 0.6) is 11.5 Å². The Hall–Kier alpha value is -4.28. The van der Waals surface area contributed by atoms with E-state index in [4.69, 9.17) is 19.3 Å². The van der Waals surface area contributed by atoms with Gasteiger partial charge in [-0.1, -0.05) is 54.1 Å². The van der Waals surface area contributed by atoms with Crippen LogP contribution in [0.1, 0.15) is 34.8 Å². The minimum atomic E-state index is -0.289. The van der Waals surface area contributed by atoms with E-state index in [2.05, 4.69) is 5.32 Å². The van der Waals surface area contributed by atoms with Gasteiger partial charge in [-0.15, -0.1) is 11.8 Å².